The van der Waals surface area contributed by atoms with Crippen molar-refractivity contribution < 1.29 is 4.74 Å². The minimum Gasteiger partial charge on any atom is -0.380 e. The molecule has 5 heteroatoms. The minimum atomic E-state index is 0.278. The molecule has 2 atom stereocenters. The summed E-state index contributed by atoms with van der Waals surface area (Å²) in [5.41, 5.74) is 0.278. The monoisotopic (exact) mass is 280 g/mol. The van der Waals surface area contributed by atoms with Crippen LogP contribution in [0.4, 0.5) is 0 Å². The first-order valence-electron chi connectivity index (χ1n) is 7.90. The molecule has 2 N–H and O–H groups in total. The van der Waals surface area contributed by atoms with E-state index in [1.54, 1.807) is 0 Å². The maximum Gasteiger partial charge on any atom is 0.191 e. The molecule has 3 rings (SSSR count). The highest BCUT2D eigenvalue weighted by molar-refractivity contribution is 5.80. The number of hydrogen-bond donors (Lipinski definition) is 2. The highest BCUT2D eigenvalue weighted by Gasteiger charge is 2.39. The molecule has 1 aliphatic carbocycles. The van der Waals surface area contributed by atoms with Gasteiger partial charge in [0.2, 0.25) is 0 Å². The van der Waals surface area contributed by atoms with Gasteiger partial charge in [0.25, 0.3) is 0 Å². The van der Waals surface area contributed by atoms with E-state index in [0.29, 0.717) is 12.1 Å². The molecular formula is C15H28N4O. The number of aliphatic imine (C=N–C) groups is 1. The van der Waals surface area contributed by atoms with Crippen LogP contribution in [0.5, 0.6) is 0 Å². The third-order valence-corrected chi connectivity index (χ3v) is 4.79. The lowest BCUT2D eigenvalue weighted by Crippen LogP contribution is -2.52. The minimum absolute atomic E-state index is 0.278. The first kappa shape index (κ1) is 14.1. The Morgan fingerprint density at radius 1 is 1.40 bits per heavy atom. The van der Waals surface area contributed by atoms with E-state index in [9.17, 15) is 0 Å². The van der Waals surface area contributed by atoms with Crippen LogP contribution >= 0.6 is 0 Å². The summed E-state index contributed by atoms with van der Waals surface area (Å²) in [5.74, 6) is 0.938. The molecule has 2 unspecified atom stereocenters. The predicted molar refractivity (Wildman–Crippen MR) is 81.0 cm³/mol. The number of hydrogen-bond acceptors (Lipinski definition) is 3. The number of likely N-dealkylation sites (tertiary alicyclic amines) is 1. The molecule has 2 heterocycles. The van der Waals surface area contributed by atoms with Crippen LogP contribution in [0.2, 0.25) is 0 Å². The summed E-state index contributed by atoms with van der Waals surface area (Å²) in [6, 6.07) is 2.09. The predicted octanol–water partition coefficient (Wildman–Crippen LogP) is 0.813. The van der Waals surface area contributed by atoms with E-state index in [-0.39, 0.29) is 5.41 Å². The van der Waals surface area contributed by atoms with Crippen LogP contribution in [0.1, 0.15) is 33.1 Å². The molecule has 0 amide bonds. The maximum atomic E-state index is 5.29. The van der Waals surface area contributed by atoms with Gasteiger partial charge in [-0.1, -0.05) is 6.92 Å². The van der Waals surface area contributed by atoms with Gasteiger partial charge in [-0.15, -0.1) is 0 Å². The molecule has 0 aromatic rings. The second-order valence-electron chi connectivity index (χ2n) is 7.08. The van der Waals surface area contributed by atoms with Crippen LogP contribution in [-0.2, 0) is 4.74 Å². The Balaban J connectivity index is 1.46. The van der Waals surface area contributed by atoms with Gasteiger partial charge in [0.05, 0.1) is 13.2 Å². The zero-order chi connectivity index (χ0) is 14.2. The van der Waals surface area contributed by atoms with Gasteiger partial charge in [-0.25, -0.2) is 0 Å². The van der Waals surface area contributed by atoms with E-state index in [2.05, 4.69) is 34.4 Å². The summed E-state index contributed by atoms with van der Waals surface area (Å²) in [7, 11) is 1.85. The second-order valence-corrected chi connectivity index (χ2v) is 7.08. The Labute approximate surface area is 122 Å². The van der Waals surface area contributed by atoms with Crippen molar-refractivity contribution in [1.82, 2.24) is 15.5 Å². The van der Waals surface area contributed by atoms with Gasteiger partial charge in [0.1, 0.15) is 0 Å². The topological polar surface area (TPSA) is 48.9 Å². The van der Waals surface area contributed by atoms with Crippen molar-refractivity contribution >= 4 is 5.96 Å². The van der Waals surface area contributed by atoms with E-state index >= 15 is 0 Å². The van der Waals surface area contributed by atoms with Gasteiger partial charge in [-0.2, -0.15) is 0 Å². The van der Waals surface area contributed by atoms with E-state index < -0.39 is 0 Å². The van der Waals surface area contributed by atoms with Crippen LogP contribution in [0.15, 0.2) is 4.99 Å². The van der Waals surface area contributed by atoms with Gasteiger partial charge < -0.3 is 15.4 Å². The van der Waals surface area contributed by atoms with Crippen LogP contribution in [0, 0.1) is 5.41 Å². The van der Waals surface area contributed by atoms with Crippen LogP contribution in [0.3, 0.4) is 0 Å². The van der Waals surface area contributed by atoms with E-state index in [0.717, 1.165) is 38.3 Å². The van der Waals surface area contributed by atoms with Gasteiger partial charge in [-0.3, -0.25) is 9.89 Å². The normalized spacial score (nSPS) is 33.9. The quantitative estimate of drug-likeness (QED) is 0.591. The molecular weight excluding hydrogens is 252 g/mol. The molecule has 3 fully saturated rings. The average molecular weight is 280 g/mol. The van der Waals surface area contributed by atoms with Crippen molar-refractivity contribution in [3.63, 3.8) is 0 Å². The first-order valence-corrected chi connectivity index (χ1v) is 7.90. The smallest absolute Gasteiger partial charge is 0.191 e. The van der Waals surface area contributed by atoms with Crippen molar-refractivity contribution in [2.24, 2.45) is 10.4 Å². The highest BCUT2D eigenvalue weighted by Crippen LogP contribution is 2.33. The Morgan fingerprint density at radius 3 is 2.70 bits per heavy atom. The van der Waals surface area contributed by atoms with Gasteiger partial charge >= 0.3 is 0 Å². The number of rotatable bonds is 4. The standard InChI is InChI=1S/C15H28N4O/c1-11-6-12(7-19(11)13-4-5-13)18-14(16-3)17-8-15(2)9-20-10-15/h11-13H,4-10H2,1-3H3,(H2,16,17,18). The van der Waals surface area contributed by atoms with Gasteiger partial charge in [-0.05, 0) is 26.2 Å². The van der Waals surface area contributed by atoms with Crippen molar-refractivity contribution in [3.05, 3.63) is 0 Å². The van der Waals surface area contributed by atoms with Crippen LogP contribution in [0.25, 0.3) is 0 Å². The van der Waals surface area contributed by atoms with Crippen molar-refractivity contribution in [1.29, 1.82) is 0 Å². The summed E-state index contributed by atoms with van der Waals surface area (Å²) in [4.78, 5) is 7.02. The zero-order valence-corrected chi connectivity index (χ0v) is 13.0. The number of guanidine groups is 1. The van der Waals surface area contributed by atoms with Crippen LogP contribution < -0.4 is 10.6 Å². The van der Waals surface area contributed by atoms with E-state index in [1.165, 1.54) is 19.3 Å². The molecule has 5 nitrogen and oxygen atoms in total. The fourth-order valence-electron chi connectivity index (χ4n) is 3.31. The number of nitrogens with zero attached hydrogens (tertiary/aromatic N) is 2. The Hall–Kier alpha value is -0.810. The van der Waals surface area contributed by atoms with Crippen molar-refractivity contribution in [2.45, 2.75) is 51.2 Å². The third kappa shape index (κ3) is 3.09. The molecule has 114 valence electrons. The number of nitrogens with one attached hydrogen (secondary N) is 2. The van der Waals surface area contributed by atoms with Gasteiger partial charge in [0, 0.05) is 43.7 Å². The van der Waals surface area contributed by atoms with E-state index in [1.807, 2.05) is 7.05 Å². The molecule has 20 heavy (non-hydrogen) atoms. The van der Waals surface area contributed by atoms with Crippen molar-refractivity contribution in [3.8, 4) is 0 Å². The lowest BCUT2D eigenvalue weighted by atomic mass is 9.89. The Bertz CT molecular complexity index is 376. The molecule has 0 aromatic carbocycles. The molecule has 0 spiro atoms. The lowest BCUT2D eigenvalue weighted by Gasteiger charge is -2.38. The summed E-state index contributed by atoms with van der Waals surface area (Å²) < 4.78 is 5.29. The summed E-state index contributed by atoms with van der Waals surface area (Å²) >= 11 is 0. The number of ether oxygens (including phenoxy) is 1. The molecule has 1 saturated carbocycles. The zero-order valence-electron chi connectivity index (χ0n) is 13.0. The SMILES string of the molecule is CN=C(NCC1(C)COC1)NC1CC(C)N(C2CC2)C1. The molecule has 3 aliphatic rings. The molecule has 2 saturated heterocycles. The fourth-order valence-corrected chi connectivity index (χ4v) is 3.31. The van der Waals surface area contributed by atoms with Gasteiger partial charge in [0.15, 0.2) is 5.96 Å². The maximum absolute atomic E-state index is 5.29. The fraction of sp³-hybridized carbons (Fsp3) is 0.933. The van der Waals surface area contributed by atoms with Crippen molar-refractivity contribution in [2.75, 3.05) is 33.4 Å². The highest BCUT2D eigenvalue weighted by atomic mass is 16.5. The largest absolute Gasteiger partial charge is 0.380 e. The summed E-state index contributed by atoms with van der Waals surface area (Å²) in [6.07, 6.45) is 4.00. The first-order chi connectivity index (χ1) is 9.59. The Morgan fingerprint density at radius 2 is 2.15 bits per heavy atom. The summed E-state index contributed by atoms with van der Waals surface area (Å²) in [6.45, 7) is 8.40. The van der Waals surface area contributed by atoms with E-state index in [4.69, 9.17) is 4.74 Å². The van der Waals surface area contributed by atoms with Crippen LogP contribution in [-0.4, -0.2) is 62.3 Å². The molecule has 0 radical (unpaired) electrons. The third-order valence-electron chi connectivity index (χ3n) is 4.79. The Kier molecular flexibility index (Phi) is 3.91. The second kappa shape index (κ2) is 5.53. The lowest BCUT2D eigenvalue weighted by molar-refractivity contribution is -0.0971. The average Bonchev–Trinajstić information content (AvgIpc) is 3.17. The molecule has 2 aliphatic heterocycles. The summed E-state index contributed by atoms with van der Waals surface area (Å²) in [5, 5.41) is 7.04. The molecule has 0 bridgehead atoms. The molecule has 0 aromatic heterocycles.